The summed E-state index contributed by atoms with van der Waals surface area (Å²) in [7, 11) is 0. The molecule has 0 saturated carbocycles. The van der Waals surface area contributed by atoms with Crippen LogP contribution >= 0.6 is 0 Å². The zero-order valence-electron chi connectivity index (χ0n) is 16.2. The van der Waals surface area contributed by atoms with Crippen LogP contribution in [-0.2, 0) is 20.8 Å². The molecule has 1 aliphatic heterocycles. The van der Waals surface area contributed by atoms with Crippen LogP contribution < -0.4 is 5.32 Å². The van der Waals surface area contributed by atoms with E-state index in [1.54, 1.807) is 57.2 Å². The van der Waals surface area contributed by atoms with Gasteiger partial charge in [-0.3, -0.25) is 14.9 Å². The molecule has 2 aromatic rings. The van der Waals surface area contributed by atoms with E-state index in [9.17, 15) is 19.2 Å². The van der Waals surface area contributed by atoms with Crippen molar-refractivity contribution < 1.29 is 28.8 Å². The third-order valence-electron chi connectivity index (χ3n) is 3.90. The fourth-order valence-corrected chi connectivity index (χ4v) is 2.68. The highest BCUT2D eigenvalue weighted by molar-refractivity contribution is 6.20. The first-order chi connectivity index (χ1) is 13.6. The number of fused-ring (bicyclic) bond motifs is 1. The molecule has 0 bridgehead atoms. The molecule has 150 valence electrons. The van der Waals surface area contributed by atoms with Crippen LogP contribution in [0.3, 0.4) is 0 Å². The number of rotatable bonds is 4. The van der Waals surface area contributed by atoms with Gasteiger partial charge in [-0.2, -0.15) is 0 Å². The van der Waals surface area contributed by atoms with E-state index < -0.39 is 29.5 Å². The van der Waals surface area contributed by atoms with Crippen LogP contribution in [-0.4, -0.2) is 34.5 Å². The largest absolute Gasteiger partial charge is 0.444 e. The van der Waals surface area contributed by atoms with E-state index in [0.29, 0.717) is 16.3 Å². The van der Waals surface area contributed by atoms with Gasteiger partial charge in [-0.15, -0.1) is 0 Å². The van der Waals surface area contributed by atoms with Gasteiger partial charge in [0.25, 0.3) is 11.8 Å². The summed E-state index contributed by atoms with van der Waals surface area (Å²) in [6.07, 6.45) is -0.740. The molecule has 29 heavy (non-hydrogen) atoms. The van der Waals surface area contributed by atoms with Gasteiger partial charge in [0.05, 0.1) is 17.5 Å². The molecule has 1 heterocycles. The van der Waals surface area contributed by atoms with Crippen LogP contribution in [0.2, 0.25) is 0 Å². The normalized spacial score (nSPS) is 13.1. The molecule has 1 aliphatic rings. The predicted molar refractivity (Wildman–Crippen MR) is 103 cm³/mol. The van der Waals surface area contributed by atoms with Gasteiger partial charge in [-0.05, 0) is 50.6 Å². The molecule has 0 aliphatic carbocycles. The number of hydrogen-bond acceptors (Lipinski definition) is 6. The number of carbonyl (C=O) groups is 4. The quantitative estimate of drug-likeness (QED) is 0.796. The van der Waals surface area contributed by atoms with Crippen molar-refractivity contribution in [2.24, 2.45) is 0 Å². The highest BCUT2D eigenvalue weighted by atomic mass is 16.7. The van der Waals surface area contributed by atoms with E-state index in [1.807, 2.05) is 0 Å². The van der Waals surface area contributed by atoms with E-state index in [1.165, 1.54) is 12.1 Å². The van der Waals surface area contributed by atoms with Crippen molar-refractivity contribution in [2.45, 2.75) is 32.8 Å². The van der Waals surface area contributed by atoms with Crippen LogP contribution in [0.4, 0.5) is 10.5 Å². The molecule has 1 N–H and O–H groups in total. The first-order valence-corrected chi connectivity index (χ1v) is 8.91. The van der Waals surface area contributed by atoms with E-state index in [-0.39, 0.29) is 17.5 Å². The summed E-state index contributed by atoms with van der Waals surface area (Å²) in [5, 5.41) is 3.06. The molecule has 0 fully saturated rings. The Kier molecular flexibility index (Phi) is 5.36. The SMILES string of the molecule is CC(C)(C)OC(=O)Nc1ccc(CC(=O)ON2C(=O)c3ccccc3C2=O)cc1. The van der Waals surface area contributed by atoms with E-state index in [0.717, 1.165) is 0 Å². The van der Waals surface area contributed by atoms with Crippen molar-refractivity contribution in [1.82, 2.24) is 5.06 Å². The molecule has 0 aromatic heterocycles. The summed E-state index contributed by atoms with van der Waals surface area (Å²) in [6, 6.07) is 12.7. The second-order valence-electron chi connectivity index (χ2n) is 7.41. The van der Waals surface area contributed by atoms with Crippen molar-refractivity contribution in [3.63, 3.8) is 0 Å². The standard InChI is InChI=1S/C21H20N2O6/c1-21(2,3)28-20(27)22-14-10-8-13(9-11-14)12-17(24)29-23-18(25)15-6-4-5-7-16(15)19(23)26/h4-11H,12H2,1-3H3,(H,22,27). The molecule has 0 radical (unpaired) electrons. The van der Waals surface area contributed by atoms with Crippen molar-refractivity contribution in [2.75, 3.05) is 5.32 Å². The molecule has 8 heteroatoms. The van der Waals surface area contributed by atoms with Crippen LogP contribution in [0.15, 0.2) is 48.5 Å². The number of nitrogens with one attached hydrogen (secondary N) is 1. The molecule has 0 unspecified atom stereocenters. The summed E-state index contributed by atoms with van der Waals surface area (Å²) in [5.41, 5.74) is 0.863. The van der Waals surface area contributed by atoms with Gasteiger partial charge in [0.2, 0.25) is 0 Å². The maximum absolute atomic E-state index is 12.2. The lowest BCUT2D eigenvalue weighted by Crippen LogP contribution is -2.33. The Hall–Kier alpha value is -3.68. The van der Waals surface area contributed by atoms with Gasteiger partial charge in [-0.1, -0.05) is 29.3 Å². The van der Waals surface area contributed by atoms with E-state index in [4.69, 9.17) is 9.57 Å². The van der Waals surface area contributed by atoms with Gasteiger partial charge in [0.15, 0.2) is 0 Å². The lowest BCUT2D eigenvalue weighted by molar-refractivity contribution is -0.167. The summed E-state index contributed by atoms with van der Waals surface area (Å²) in [5.74, 6) is -2.10. The minimum Gasteiger partial charge on any atom is -0.444 e. The fourth-order valence-electron chi connectivity index (χ4n) is 2.68. The van der Waals surface area contributed by atoms with Gasteiger partial charge in [0, 0.05) is 5.69 Å². The third-order valence-corrected chi connectivity index (χ3v) is 3.90. The van der Waals surface area contributed by atoms with Gasteiger partial charge < -0.3 is 9.57 Å². The Morgan fingerprint density at radius 1 is 0.931 bits per heavy atom. The molecule has 0 saturated heterocycles. The predicted octanol–water partition coefficient (Wildman–Crippen LogP) is 3.33. The Balaban J connectivity index is 1.57. The number of hydroxylamine groups is 2. The third kappa shape index (κ3) is 4.78. The number of benzene rings is 2. The Bertz CT molecular complexity index is 940. The molecular formula is C21H20N2O6. The van der Waals surface area contributed by atoms with Gasteiger partial charge >= 0.3 is 12.1 Å². The molecule has 3 amide bonds. The van der Waals surface area contributed by atoms with Crippen molar-refractivity contribution in [1.29, 1.82) is 0 Å². The summed E-state index contributed by atoms with van der Waals surface area (Å²) in [6.45, 7) is 5.28. The monoisotopic (exact) mass is 396 g/mol. The highest BCUT2D eigenvalue weighted by Crippen LogP contribution is 2.23. The molecule has 8 nitrogen and oxygen atoms in total. The minimum atomic E-state index is -0.757. The average Bonchev–Trinajstić information content (AvgIpc) is 2.87. The first-order valence-electron chi connectivity index (χ1n) is 8.91. The van der Waals surface area contributed by atoms with Crippen molar-refractivity contribution >= 4 is 29.6 Å². The maximum atomic E-state index is 12.2. The van der Waals surface area contributed by atoms with Crippen LogP contribution in [0.1, 0.15) is 47.1 Å². The van der Waals surface area contributed by atoms with E-state index in [2.05, 4.69) is 5.32 Å². The topological polar surface area (TPSA) is 102 Å². The Morgan fingerprint density at radius 2 is 1.48 bits per heavy atom. The first kappa shape index (κ1) is 20.1. The summed E-state index contributed by atoms with van der Waals surface area (Å²) < 4.78 is 5.16. The Labute approximate surface area is 167 Å². The zero-order valence-corrected chi connectivity index (χ0v) is 16.2. The van der Waals surface area contributed by atoms with Crippen molar-refractivity contribution in [3.05, 3.63) is 65.2 Å². The summed E-state index contributed by atoms with van der Waals surface area (Å²) >= 11 is 0. The van der Waals surface area contributed by atoms with Crippen LogP contribution in [0, 0.1) is 0 Å². The molecule has 0 spiro atoms. The fraction of sp³-hybridized carbons (Fsp3) is 0.238. The zero-order chi connectivity index (χ0) is 21.2. The summed E-state index contributed by atoms with van der Waals surface area (Å²) in [4.78, 5) is 53.3. The number of nitrogens with zero attached hydrogens (tertiary/aromatic N) is 1. The number of ether oxygens (including phenoxy) is 1. The number of amides is 3. The number of imide groups is 1. The molecular weight excluding hydrogens is 376 g/mol. The van der Waals surface area contributed by atoms with Gasteiger partial charge in [-0.25, -0.2) is 9.59 Å². The molecule has 0 atom stereocenters. The average molecular weight is 396 g/mol. The minimum absolute atomic E-state index is 0.153. The molecule has 2 aromatic carbocycles. The lowest BCUT2D eigenvalue weighted by atomic mass is 10.1. The number of hydrogen-bond donors (Lipinski definition) is 1. The second-order valence-corrected chi connectivity index (χ2v) is 7.41. The molecule has 3 rings (SSSR count). The van der Waals surface area contributed by atoms with Crippen LogP contribution in [0.25, 0.3) is 0 Å². The Morgan fingerprint density at radius 3 is 2.00 bits per heavy atom. The highest BCUT2D eigenvalue weighted by Gasteiger charge is 2.38. The smallest absolute Gasteiger partial charge is 0.412 e. The number of carbonyl (C=O) groups excluding carboxylic acids is 4. The number of anilines is 1. The van der Waals surface area contributed by atoms with Crippen LogP contribution in [0.5, 0.6) is 0 Å². The van der Waals surface area contributed by atoms with Crippen molar-refractivity contribution in [3.8, 4) is 0 Å². The maximum Gasteiger partial charge on any atom is 0.412 e. The second kappa shape index (κ2) is 7.75. The van der Waals surface area contributed by atoms with Gasteiger partial charge in [0.1, 0.15) is 5.60 Å². The lowest BCUT2D eigenvalue weighted by Gasteiger charge is -2.19. The van der Waals surface area contributed by atoms with E-state index >= 15 is 0 Å².